The zero-order valence-electron chi connectivity index (χ0n) is 9.88. The van der Waals surface area contributed by atoms with E-state index in [-0.39, 0.29) is 0 Å². The summed E-state index contributed by atoms with van der Waals surface area (Å²) in [6.45, 7) is 12.2. The molecule has 0 aliphatic heterocycles. The third-order valence-corrected chi connectivity index (χ3v) is 2.35. The van der Waals surface area contributed by atoms with E-state index in [2.05, 4.69) is 44.7 Å². The summed E-state index contributed by atoms with van der Waals surface area (Å²) in [5.74, 6) is 0.670. The molecule has 1 atom stereocenters. The molecule has 1 aromatic carbocycles. The fourth-order valence-corrected chi connectivity index (χ4v) is 1.20. The molecule has 0 aliphatic carbocycles. The number of rotatable bonds is 3. The molecule has 1 rings (SSSR count). The van der Waals surface area contributed by atoms with Gasteiger partial charge in [0.05, 0.1) is 0 Å². The average molecular weight is 190 g/mol. The molecular formula is C14H22. The normalized spacial score (nSPS) is 11.1. The Hall–Kier alpha value is -1.04. The van der Waals surface area contributed by atoms with Gasteiger partial charge in [-0.3, -0.25) is 0 Å². The van der Waals surface area contributed by atoms with E-state index in [9.17, 15) is 0 Å². The maximum absolute atomic E-state index is 3.73. The second-order valence-corrected chi connectivity index (χ2v) is 3.18. The topological polar surface area (TPSA) is 0 Å². The van der Waals surface area contributed by atoms with Gasteiger partial charge in [0.2, 0.25) is 0 Å². The lowest BCUT2D eigenvalue weighted by atomic mass is 9.98. The highest BCUT2D eigenvalue weighted by molar-refractivity contribution is 5.47. The molecule has 0 fully saturated rings. The Morgan fingerprint density at radius 1 is 1.21 bits per heavy atom. The maximum atomic E-state index is 3.73. The molecule has 0 bridgehead atoms. The lowest BCUT2D eigenvalue weighted by Gasteiger charge is -2.08. The molecular weight excluding hydrogens is 168 g/mol. The van der Waals surface area contributed by atoms with E-state index in [1.54, 1.807) is 0 Å². The van der Waals surface area contributed by atoms with Gasteiger partial charge in [-0.05, 0) is 23.5 Å². The van der Waals surface area contributed by atoms with E-state index in [1.165, 1.54) is 17.5 Å². The molecule has 0 saturated carbocycles. The summed E-state index contributed by atoms with van der Waals surface area (Å²) in [7, 11) is 0. The molecule has 0 saturated heterocycles. The van der Waals surface area contributed by atoms with Gasteiger partial charge in [-0.1, -0.05) is 64.6 Å². The molecule has 0 heterocycles. The molecule has 0 nitrogen and oxygen atoms in total. The van der Waals surface area contributed by atoms with Crippen LogP contribution in [0.2, 0.25) is 0 Å². The van der Waals surface area contributed by atoms with Gasteiger partial charge in [0.15, 0.2) is 0 Å². The number of hydrogen-bond donors (Lipinski definition) is 0. The smallest absolute Gasteiger partial charge is 0.0193 e. The van der Waals surface area contributed by atoms with Gasteiger partial charge >= 0.3 is 0 Å². The lowest BCUT2D eigenvalue weighted by Crippen LogP contribution is -1.90. The van der Waals surface area contributed by atoms with Gasteiger partial charge in [0, 0.05) is 0 Å². The first-order chi connectivity index (χ1) is 6.77. The van der Waals surface area contributed by atoms with Crippen LogP contribution >= 0.6 is 0 Å². The fraction of sp³-hybridized carbons (Fsp3) is 0.429. The van der Waals surface area contributed by atoms with Crippen LogP contribution in [0.4, 0.5) is 0 Å². The van der Waals surface area contributed by atoms with Crippen LogP contribution in [0.1, 0.15) is 51.2 Å². The van der Waals surface area contributed by atoms with Crippen molar-refractivity contribution in [1.29, 1.82) is 0 Å². The van der Waals surface area contributed by atoms with Gasteiger partial charge in [-0.25, -0.2) is 0 Å². The standard InChI is InChI=1S/C12H16.C2H6/c1-4-10(3)12-8-6-11(5-2)7-9-12;1-2/h5-10H,2,4H2,1,3H3;1-2H3. The Morgan fingerprint density at radius 2 is 1.71 bits per heavy atom. The zero-order chi connectivity index (χ0) is 11.0. The highest BCUT2D eigenvalue weighted by Crippen LogP contribution is 2.18. The van der Waals surface area contributed by atoms with Crippen molar-refractivity contribution in [3.63, 3.8) is 0 Å². The van der Waals surface area contributed by atoms with Gasteiger partial charge in [0.25, 0.3) is 0 Å². The van der Waals surface area contributed by atoms with Crippen molar-refractivity contribution in [3.05, 3.63) is 42.0 Å². The van der Waals surface area contributed by atoms with Crippen LogP contribution in [0.3, 0.4) is 0 Å². The van der Waals surface area contributed by atoms with E-state index in [0.29, 0.717) is 5.92 Å². The van der Waals surface area contributed by atoms with E-state index in [0.717, 1.165) is 0 Å². The molecule has 0 spiro atoms. The predicted molar refractivity (Wildman–Crippen MR) is 66.6 cm³/mol. The van der Waals surface area contributed by atoms with Crippen molar-refractivity contribution in [2.75, 3.05) is 0 Å². The third kappa shape index (κ3) is 3.78. The van der Waals surface area contributed by atoms with Gasteiger partial charge in [0.1, 0.15) is 0 Å². The quantitative estimate of drug-likeness (QED) is 0.638. The van der Waals surface area contributed by atoms with Crippen LogP contribution < -0.4 is 0 Å². The largest absolute Gasteiger partial charge is 0.0985 e. The lowest BCUT2D eigenvalue weighted by molar-refractivity contribution is 0.733. The first-order valence-electron chi connectivity index (χ1n) is 5.50. The van der Waals surface area contributed by atoms with E-state index < -0.39 is 0 Å². The Labute approximate surface area is 88.7 Å². The van der Waals surface area contributed by atoms with E-state index >= 15 is 0 Å². The molecule has 1 unspecified atom stereocenters. The molecule has 0 heteroatoms. The molecule has 14 heavy (non-hydrogen) atoms. The molecule has 1 aromatic rings. The summed E-state index contributed by atoms with van der Waals surface area (Å²) in [5.41, 5.74) is 2.62. The van der Waals surface area contributed by atoms with Crippen LogP contribution in [0, 0.1) is 0 Å². The van der Waals surface area contributed by atoms with Crippen molar-refractivity contribution in [2.24, 2.45) is 0 Å². The highest BCUT2D eigenvalue weighted by atomic mass is 14.1. The summed E-state index contributed by atoms with van der Waals surface area (Å²) >= 11 is 0. The first kappa shape index (κ1) is 13.0. The Balaban J connectivity index is 0.000000791. The summed E-state index contributed by atoms with van der Waals surface area (Å²) in [4.78, 5) is 0. The van der Waals surface area contributed by atoms with E-state index in [1.807, 2.05) is 19.9 Å². The minimum Gasteiger partial charge on any atom is -0.0985 e. The minimum absolute atomic E-state index is 0.670. The molecule has 0 amide bonds. The van der Waals surface area contributed by atoms with Crippen LogP contribution in [-0.2, 0) is 0 Å². The SMILES string of the molecule is C=Cc1ccc(C(C)CC)cc1.CC. The van der Waals surface area contributed by atoms with Crippen LogP contribution in [0.25, 0.3) is 6.08 Å². The molecule has 78 valence electrons. The Bertz CT molecular complexity index is 243. The monoisotopic (exact) mass is 190 g/mol. The number of hydrogen-bond acceptors (Lipinski definition) is 0. The van der Waals surface area contributed by atoms with Crippen LogP contribution in [0.5, 0.6) is 0 Å². The predicted octanol–water partition coefficient (Wildman–Crippen LogP) is 4.87. The minimum atomic E-state index is 0.670. The van der Waals surface area contributed by atoms with E-state index in [4.69, 9.17) is 0 Å². The van der Waals surface area contributed by atoms with Crippen molar-refractivity contribution < 1.29 is 0 Å². The molecule has 0 aliphatic rings. The van der Waals surface area contributed by atoms with Crippen molar-refractivity contribution in [2.45, 2.75) is 40.0 Å². The summed E-state index contributed by atoms with van der Waals surface area (Å²) < 4.78 is 0. The van der Waals surface area contributed by atoms with Crippen molar-refractivity contribution in [1.82, 2.24) is 0 Å². The summed E-state index contributed by atoms with van der Waals surface area (Å²) in [5, 5.41) is 0. The second-order valence-electron chi connectivity index (χ2n) is 3.18. The molecule has 0 aromatic heterocycles. The van der Waals surface area contributed by atoms with Crippen LogP contribution in [-0.4, -0.2) is 0 Å². The molecule has 0 radical (unpaired) electrons. The summed E-state index contributed by atoms with van der Waals surface area (Å²) in [6, 6.07) is 8.61. The van der Waals surface area contributed by atoms with Gasteiger partial charge in [-0.2, -0.15) is 0 Å². The molecule has 0 N–H and O–H groups in total. The Kier molecular flexibility index (Phi) is 6.82. The number of benzene rings is 1. The highest BCUT2D eigenvalue weighted by Gasteiger charge is 2.00. The fourth-order valence-electron chi connectivity index (χ4n) is 1.20. The Morgan fingerprint density at radius 3 is 2.07 bits per heavy atom. The average Bonchev–Trinajstić information content (AvgIpc) is 2.31. The van der Waals surface area contributed by atoms with Gasteiger partial charge in [-0.15, -0.1) is 0 Å². The van der Waals surface area contributed by atoms with Crippen LogP contribution in [0.15, 0.2) is 30.8 Å². The van der Waals surface area contributed by atoms with Crippen molar-refractivity contribution in [3.8, 4) is 0 Å². The summed E-state index contributed by atoms with van der Waals surface area (Å²) in [6.07, 6.45) is 3.08. The zero-order valence-corrected chi connectivity index (χ0v) is 9.88. The van der Waals surface area contributed by atoms with Crippen molar-refractivity contribution >= 4 is 6.08 Å². The third-order valence-electron chi connectivity index (χ3n) is 2.35. The second kappa shape index (κ2) is 7.37. The van der Waals surface area contributed by atoms with Gasteiger partial charge < -0.3 is 0 Å². The first-order valence-corrected chi connectivity index (χ1v) is 5.50. The maximum Gasteiger partial charge on any atom is -0.0193 e.